The second-order valence-corrected chi connectivity index (χ2v) is 6.08. The lowest BCUT2D eigenvalue weighted by molar-refractivity contribution is 0.0746. The first kappa shape index (κ1) is 15.5. The number of anilines is 1. The van der Waals surface area contributed by atoms with E-state index in [0.717, 1.165) is 13.1 Å². The van der Waals surface area contributed by atoms with E-state index in [1.807, 2.05) is 4.90 Å². The summed E-state index contributed by atoms with van der Waals surface area (Å²) < 4.78 is 13.0. The molecule has 23 heavy (non-hydrogen) atoms. The molecule has 0 saturated carbocycles. The van der Waals surface area contributed by atoms with Gasteiger partial charge < -0.3 is 9.80 Å². The zero-order valence-corrected chi connectivity index (χ0v) is 13.6. The Hall–Kier alpha value is -2.36. The third kappa shape index (κ3) is 3.36. The Morgan fingerprint density at radius 2 is 1.61 bits per heavy atom. The molecule has 0 aliphatic carbocycles. The predicted octanol–water partition coefficient (Wildman–Crippen LogP) is 3.40. The van der Waals surface area contributed by atoms with Crippen molar-refractivity contribution >= 4 is 11.6 Å². The largest absolute Gasteiger partial charge is 0.368 e. The maximum absolute atomic E-state index is 13.0. The van der Waals surface area contributed by atoms with Crippen LogP contribution in [0.4, 0.5) is 10.1 Å². The maximum Gasteiger partial charge on any atom is 0.253 e. The molecule has 0 radical (unpaired) electrons. The fraction of sp³-hybridized carbons (Fsp3) is 0.316. The summed E-state index contributed by atoms with van der Waals surface area (Å²) in [5.41, 5.74) is 4.32. The average Bonchev–Trinajstić information content (AvgIpc) is 2.55. The molecule has 0 bridgehead atoms. The molecular formula is C19H21FN2O. The van der Waals surface area contributed by atoms with Gasteiger partial charge in [0.2, 0.25) is 0 Å². The van der Waals surface area contributed by atoms with E-state index >= 15 is 0 Å². The minimum Gasteiger partial charge on any atom is -0.368 e. The Morgan fingerprint density at radius 1 is 0.957 bits per heavy atom. The molecule has 1 aliphatic rings. The van der Waals surface area contributed by atoms with E-state index in [9.17, 15) is 9.18 Å². The molecule has 3 nitrogen and oxygen atoms in total. The van der Waals surface area contributed by atoms with Crippen molar-refractivity contribution in [3.05, 3.63) is 65.0 Å². The van der Waals surface area contributed by atoms with Crippen molar-refractivity contribution in [1.29, 1.82) is 0 Å². The molecule has 120 valence electrons. The van der Waals surface area contributed by atoms with Crippen LogP contribution >= 0.6 is 0 Å². The van der Waals surface area contributed by atoms with Gasteiger partial charge in [-0.25, -0.2) is 4.39 Å². The molecule has 4 heteroatoms. The molecule has 1 saturated heterocycles. The van der Waals surface area contributed by atoms with Crippen molar-refractivity contribution in [2.75, 3.05) is 31.1 Å². The van der Waals surface area contributed by atoms with Gasteiger partial charge in [-0.1, -0.05) is 17.7 Å². The number of aryl methyl sites for hydroxylation is 2. The highest BCUT2D eigenvalue weighted by Crippen LogP contribution is 2.23. The first-order chi connectivity index (χ1) is 11.0. The van der Waals surface area contributed by atoms with Crippen LogP contribution in [0.25, 0.3) is 0 Å². The van der Waals surface area contributed by atoms with Crippen molar-refractivity contribution in [3.63, 3.8) is 0 Å². The molecule has 1 aliphatic heterocycles. The smallest absolute Gasteiger partial charge is 0.253 e. The van der Waals surface area contributed by atoms with Gasteiger partial charge in [0.05, 0.1) is 0 Å². The number of hydrogen-bond acceptors (Lipinski definition) is 2. The normalized spacial score (nSPS) is 14.9. The SMILES string of the molecule is Cc1ccc(N2CCN(C(=O)c3ccc(F)cc3)CC2)c(C)c1. The van der Waals surface area contributed by atoms with Crippen LogP contribution < -0.4 is 4.90 Å². The molecular weight excluding hydrogens is 291 g/mol. The van der Waals surface area contributed by atoms with Crippen LogP contribution in [0.5, 0.6) is 0 Å². The molecule has 2 aromatic rings. The third-order valence-corrected chi connectivity index (χ3v) is 4.35. The van der Waals surface area contributed by atoms with Gasteiger partial charge in [0, 0.05) is 37.4 Å². The molecule has 1 heterocycles. The Bertz CT molecular complexity index is 704. The highest BCUT2D eigenvalue weighted by molar-refractivity contribution is 5.94. The van der Waals surface area contributed by atoms with E-state index in [1.54, 1.807) is 12.1 Å². The highest BCUT2D eigenvalue weighted by Gasteiger charge is 2.22. The first-order valence-electron chi connectivity index (χ1n) is 7.91. The highest BCUT2D eigenvalue weighted by atomic mass is 19.1. The van der Waals surface area contributed by atoms with Crippen LogP contribution in [0.3, 0.4) is 0 Å². The Kier molecular flexibility index (Phi) is 4.33. The number of amides is 1. The molecule has 0 unspecified atom stereocenters. The van der Waals surface area contributed by atoms with Crippen LogP contribution in [0.15, 0.2) is 42.5 Å². The van der Waals surface area contributed by atoms with Crippen molar-refractivity contribution in [1.82, 2.24) is 4.90 Å². The lowest BCUT2D eigenvalue weighted by Gasteiger charge is -2.37. The zero-order valence-electron chi connectivity index (χ0n) is 13.6. The lowest BCUT2D eigenvalue weighted by Crippen LogP contribution is -2.49. The molecule has 3 rings (SSSR count). The van der Waals surface area contributed by atoms with Crippen molar-refractivity contribution in [3.8, 4) is 0 Å². The topological polar surface area (TPSA) is 23.6 Å². The van der Waals surface area contributed by atoms with E-state index in [0.29, 0.717) is 18.7 Å². The monoisotopic (exact) mass is 312 g/mol. The summed E-state index contributed by atoms with van der Waals surface area (Å²) in [6, 6.07) is 12.2. The van der Waals surface area contributed by atoms with Gasteiger partial charge in [-0.2, -0.15) is 0 Å². The zero-order chi connectivity index (χ0) is 16.4. The summed E-state index contributed by atoms with van der Waals surface area (Å²) in [4.78, 5) is 16.6. The van der Waals surface area contributed by atoms with E-state index in [4.69, 9.17) is 0 Å². The van der Waals surface area contributed by atoms with Gasteiger partial charge in [-0.3, -0.25) is 4.79 Å². The van der Waals surface area contributed by atoms with Crippen molar-refractivity contribution in [2.45, 2.75) is 13.8 Å². The summed E-state index contributed by atoms with van der Waals surface area (Å²) >= 11 is 0. The van der Waals surface area contributed by atoms with Crippen LogP contribution in [-0.4, -0.2) is 37.0 Å². The van der Waals surface area contributed by atoms with Crippen molar-refractivity contribution in [2.24, 2.45) is 0 Å². The Morgan fingerprint density at radius 3 is 2.22 bits per heavy atom. The lowest BCUT2D eigenvalue weighted by atomic mass is 10.1. The van der Waals surface area contributed by atoms with Gasteiger partial charge in [0.15, 0.2) is 0 Å². The number of halogens is 1. The number of hydrogen-bond donors (Lipinski definition) is 0. The summed E-state index contributed by atoms with van der Waals surface area (Å²) in [7, 11) is 0. The van der Waals surface area contributed by atoms with Crippen LogP contribution in [0, 0.1) is 19.7 Å². The van der Waals surface area contributed by atoms with Gasteiger partial charge in [-0.05, 0) is 49.7 Å². The summed E-state index contributed by atoms with van der Waals surface area (Å²) in [6.07, 6.45) is 0. The number of carbonyl (C=O) groups excluding carboxylic acids is 1. The number of benzene rings is 2. The van der Waals surface area contributed by atoms with Gasteiger partial charge in [-0.15, -0.1) is 0 Å². The quantitative estimate of drug-likeness (QED) is 0.848. The fourth-order valence-electron chi connectivity index (χ4n) is 3.09. The summed E-state index contributed by atoms with van der Waals surface area (Å²) in [5, 5.41) is 0. The molecule has 1 fully saturated rings. The number of carbonyl (C=O) groups is 1. The summed E-state index contributed by atoms with van der Waals surface area (Å²) in [6.45, 7) is 7.22. The van der Waals surface area contributed by atoms with Crippen LogP contribution in [0.2, 0.25) is 0 Å². The number of nitrogens with zero attached hydrogens (tertiary/aromatic N) is 2. The van der Waals surface area contributed by atoms with Gasteiger partial charge in [0.25, 0.3) is 5.91 Å². The second kappa shape index (κ2) is 6.41. The molecule has 0 N–H and O–H groups in total. The second-order valence-electron chi connectivity index (χ2n) is 6.08. The predicted molar refractivity (Wildman–Crippen MR) is 90.4 cm³/mol. The standard InChI is InChI=1S/C19H21FN2O/c1-14-3-8-18(15(2)13-14)21-9-11-22(12-10-21)19(23)16-4-6-17(20)7-5-16/h3-8,13H,9-12H2,1-2H3. The molecule has 0 aromatic heterocycles. The van der Waals surface area contributed by atoms with Crippen molar-refractivity contribution < 1.29 is 9.18 Å². The Labute approximate surface area is 136 Å². The van der Waals surface area contributed by atoms with Crippen LogP contribution in [0.1, 0.15) is 21.5 Å². The van der Waals surface area contributed by atoms with E-state index in [2.05, 4.69) is 36.9 Å². The minimum atomic E-state index is -0.318. The third-order valence-electron chi connectivity index (χ3n) is 4.35. The van der Waals surface area contributed by atoms with Crippen LogP contribution in [-0.2, 0) is 0 Å². The maximum atomic E-state index is 13.0. The Balaban J connectivity index is 1.66. The molecule has 0 atom stereocenters. The number of piperazine rings is 1. The fourth-order valence-corrected chi connectivity index (χ4v) is 3.09. The average molecular weight is 312 g/mol. The number of rotatable bonds is 2. The molecule has 1 amide bonds. The van der Waals surface area contributed by atoms with E-state index in [1.165, 1.54) is 28.9 Å². The van der Waals surface area contributed by atoms with Gasteiger partial charge in [0.1, 0.15) is 5.82 Å². The van der Waals surface area contributed by atoms with E-state index < -0.39 is 0 Å². The van der Waals surface area contributed by atoms with E-state index in [-0.39, 0.29) is 11.7 Å². The minimum absolute atomic E-state index is 0.0229. The molecule has 0 spiro atoms. The summed E-state index contributed by atoms with van der Waals surface area (Å²) in [5.74, 6) is -0.341. The molecule has 2 aromatic carbocycles. The van der Waals surface area contributed by atoms with Gasteiger partial charge >= 0.3 is 0 Å². The first-order valence-corrected chi connectivity index (χ1v) is 7.91.